The molecule has 42 heavy (non-hydrogen) atoms. The molecule has 0 saturated heterocycles. The number of nitrogens with zero attached hydrogens (tertiary/aromatic N) is 2. The average molecular weight is 626 g/mol. The predicted molar refractivity (Wildman–Crippen MR) is 186 cm³/mol. The van der Waals surface area contributed by atoms with Gasteiger partial charge in [0.1, 0.15) is 0 Å². The largest absolute Gasteiger partial charge is 0.726 e. The topological polar surface area (TPSA) is 90.2 Å². The van der Waals surface area contributed by atoms with Crippen LogP contribution in [0.2, 0.25) is 0 Å². The molecule has 7 nitrogen and oxygen atoms in total. The van der Waals surface area contributed by atoms with E-state index < -0.39 is 10.4 Å². The van der Waals surface area contributed by atoms with E-state index in [1.807, 2.05) is 0 Å². The minimum absolute atomic E-state index is 0.0914. The van der Waals surface area contributed by atoms with Crippen LogP contribution in [0, 0.1) is 0 Å². The molecular formula is C34H79N3O4S. The summed E-state index contributed by atoms with van der Waals surface area (Å²) in [7, 11) is 4.65. The fourth-order valence-corrected chi connectivity index (χ4v) is 4.63. The van der Waals surface area contributed by atoms with Gasteiger partial charge in [-0.15, -0.1) is 0 Å². The highest BCUT2D eigenvalue weighted by Gasteiger charge is 2.08. The Bertz CT molecular complexity index is 566. The second-order valence-electron chi connectivity index (χ2n) is 12.8. The highest BCUT2D eigenvalue weighted by molar-refractivity contribution is 7.80. The van der Waals surface area contributed by atoms with Crippen molar-refractivity contribution in [3.8, 4) is 0 Å². The summed E-state index contributed by atoms with van der Waals surface area (Å²) in [6, 6.07) is 0. The molecular weight excluding hydrogens is 546 g/mol. The van der Waals surface area contributed by atoms with Crippen molar-refractivity contribution in [2.75, 3.05) is 67.5 Å². The standard InChI is InChI=1S/C18H38N.2C7H18N.C2H6O4S/c1-2-3-4-5-6-7-8-9-10-11-12-13-14-15-16-17-18-19;2*1-5-7-8(3,4)6-2;1-2-6-7(3,4)5/h19H,2-18H2,1H3;2*5-7H2,1-4H3;2H2,1H3,(H,3,4,5)/q-1;2*+1;/p-1. The zero-order chi connectivity index (χ0) is 33.2. The first kappa shape index (κ1) is 48.6. The van der Waals surface area contributed by atoms with Gasteiger partial charge >= 0.3 is 0 Å². The Kier molecular flexibility index (Phi) is 40.8. The summed E-state index contributed by atoms with van der Waals surface area (Å²) in [5.74, 6) is 0. The van der Waals surface area contributed by atoms with Crippen molar-refractivity contribution in [3.63, 3.8) is 0 Å². The first-order chi connectivity index (χ1) is 19.7. The lowest BCUT2D eigenvalue weighted by atomic mass is 10.0. The van der Waals surface area contributed by atoms with Crippen LogP contribution in [0.5, 0.6) is 0 Å². The lowest BCUT2D eigenvalue weighted by molar-refractivity contribution is -0.888. The first-order valence-corrected chi connectivity index (χ1v) is 18.9. The van der Waals surface area contributed by atoms with Crippen LogP contribution < -0.4 is 0 Å². The van der Waals surface area contributed by atoms with Gasteiger partial charge in [-0.2, -0.15) is 6.54 Å². The third-order valence-electron chi connectivity index (χ3n) is 7.66. The maximum Gasteiger partial charge on any atom is 0.217 e. The molecule has 8 heteroatoms. The molecule has 0 unspecified atom stereocenters. The lowest BCUT2D eigenvalue weighted by Crippen LogP contribution is -2.39. The van der Waals surface area contributed by atoms with E-state index in [-0.39, 0.29) is 6.61 Å². The molecule has 0 rings (SSSR count). The molecule has 0 fully saturated rings. The van der Waals surface area contributed by atoms with Crippen LogP contribution in [0.3, 0.4) is 0 Å². The van der Waals surface area contributed by atoms with Crippen molar-refractivity contribution in [2.24, 2.45) is 0 Å². The number of quaternary nitrogens is 2. The van der Waals surface area contributed by atoms with Crippen LogP contribution in [0.4, 0.5) is 0 Å². The van der Waals surface area contributed by atoms with Gasteiger partial charge in [-0.1, -0.05) is 124 Å². The van der Waals surface area contributed by atoms with Crippen molar-refractivity contribution in [1.82, 2.24) is 0 Å². The summed E-state index contributed by atoms with van der Waals surface area (Å²) in [5, 5.41) is 0. The van der Waals surface area contributed by atoms with Crippen molar-refractivity contribution < 1.29 is 26.1 Å². The molecule has 260 valence electrons. The maximum absolute atomic E-state index is 9.45. The first-order valence-electron chi connectivity index (χ1n) is 17.6. The van der Waals surface area contributed by atoms with E-state index in [2.05, 4.69) is 67.0 Å². The Balaban J connectivity index is -0.000000260. The molecule has 0 heterocycles. The minimum atomic E-state index is -4.42. The molecule has 0 spiro atoms. The van der Waals surface area contributed by atoms with Crippen LogP contribution in [-0.4, -0.2) is 89.5 Å². The zero-order valence-electron chi connectivity index (χ0n) is 30.4. The molecule has 0 aromatic rings. The van der Waals surface area contributed by atoms with E-state index in [4.69, 9.17) is 5.73 Å². The third-order valence-corrected chi connectivity index (χ3v) is 8.19. The fraction of sp³-hybridized carbons (Fsp3) is 1.00. The normalized spacial score (nSPS) is 11.5. The van der Waals surface area contributed by atoms with E-state index in [9.17, 15) is 13.0 Å². The quantitative estimate of drug-likeness (QED) is 0.0462. The fourth-order valence-electron chi connectivity index (χ4n) is 4.34. The molecule has 0 aromatic heterocycles. The molecule has 0 radical (unpaired) electrons. The molecule has 1 N–H and O–H groups in total. The number of nitrogens with one attached hydrogen (secondary N) is 1. The van der Waals surface area contributed by atoms with Gasteiger partial charge in [0.2, 0.25) is 10.4 Å². The van der Waals surface area contributed by atoms with Crippen molar-refractivity contribution in [1.29, 1.82) is 0 Å². The highest BCUT2D eigenvalue weighted by Crippen LogP contribution is 2.13. The van der Waals surface area contributed by atoms with Crippen molar-refractivity contribution >= 4 is 10.4 Å². The second-order valence-corrected chi connectivity index (χ2v) is 13.9. The van der Waals surface area contributed by atoms with Gasteiger partial charge in [-0.05, 0) is 33.6 Å². The Morgan fingerprint density at radius 2 is 0.810 bits per heavy atom. The Labute approximate surface area is 266 Å². The maximum atomic E-state index is 9.45. The van der Waals surface area contributed by atoms with E-state index in [1.165, 1.54) is 142 Å². The van der Waals surface area contributed by atoms with Crippen molar-refractivity contribution in [2.45, 2.75) is 157 Å². The van der Waals surface area contributed by atoms with Gasteiger partial charge < -0.3 is 19.3 Å². The van der Waals surface area contributed by atoms with Crippen LogP contribution in [0.25, 0.3) is 5.73 Å². The van der Waals surface area contributed by atoms with Crippen molar-refractivity contribution in [3.05, 3.63) is 5.73 Å². The summed E-state index contributed by atoms with van der Waals surface area (Å²) in [5.41, 5.74) is 7.08. The highest BCUT2D eigenvalue weighted by atomic mass is 32.3. The Morgan fingerprint density at radius 1 is 0.524 bits per heavy atom. The van der Waals surface area contributed by atoms with E-state index in [0.717, 1.165) is 15.4 Å². The summed E-state index contributed by atoms with van der Waals surface area (Å²) in [6.45, 7) is 18.3. The molecule has 0 bridgehead atoms. The third kappa shape index (κ3) is 52.4. The Morgan fingerprint density at radius 3 is 0.952 bits per heavy atom. The summed E-state index contributed by atoms with van der Waals surface area (Å²) in [6.07, 6.45) is 25.1. The molecule has 0 aliphatic heterocycles. The molecule has 0 saturated carbocycles. The van der Waals surface area contributed by atoms with Gasteiger partial charge in [-0.25, -0.2) is 8.42 Å². The molecule has 0 aliphatic rings. The average Bonchev–Trinajstić information content (AvgIpc) is 2.91. The molecule has 0 aromatic carbocycles. The Hall–Kier alpha value is -0.250. The van der Waals surface area contributed by atoms with Gasteiger partial charge in [0, 0.05) is 0 Å². The second kappa shape index (κ2) is 35.2. The van der Waals surface area contributed by atoms with E-state index in [0.29, 0.717) is 6.54 Å². The smallest absolute Gasteiger partial charge is 0.217 e. The van der Waals surface area contributed by atoms with E-state index in [1.54, 1.807) is 0 Å². The number of unbranched alkanes of at least 4 members (excludes halogenated alkanes) is 15. The summed E-state index contributed by atoms with van der Waals surface area (Å²) in [4.78, 5) is 0. The SMILES string of the molecule is CCCCCCCCCCCCCCCCCC[NH-].CCC[N+](C)(C)CC.CCC[N+](C)(C)CC.CCOS(=O)(=O)[O-]. The predicted octanol–water partition coefficient (Wildman–Crippen LogP) is 9.77. The molecule has 0 aliphatic carbocycles. The van der Waals surface area contributed by atoms with Crippen LogP contribution in [0.1, 0.15) is 157 Å². The monoisotopic (exact) mass is 626 g/mol. The number of rotatable bonds is 24. The van der Waals surface area contributed by atoms with Gasteiger partial charge in [0.05, 0.1) is 61.0 Å². The van der Waals surface area contributed by atoms with Gasteiger partial charge in [0.25, 0.3) is 0 Å². The van der Waals surface area contributed by atoms with Crippen LogP contribution >= 0.6 is 0 Å². The molecule has 0 amide bonds. The van der Waals surface area contributed by atoms with Crippen LogP contribution in [0.15, 0.2) is 0 Å². The van der Waals surface area contributed by atoms with E-state index >= 15 is 0 Å². The summed E-state index contributed by atoms with van der Waals surface area (Å²) >= 11 is 0. The van der Waals surface area contributed by atoms with Crippen LogP contribution in [-0.2, 0) is 14.6 Å². The number of hydrogen-bond acceptors (Lipinski definition) is 4. The van der Waals surface area contributed by atoms with Gasteiger partial charge in [-0.3, -0.25) is 4.18 Å². The van der Waals surface area contributed by atoms with Gasteiger partial charge in [0.15, 0.2) is 0 Å². The summed E-state index contributed by atoms with van der Waals surface area (Å²) < 4.78 is 34.3. The minimum Gasteiger partial charge on any atom is -0.726 e. The number of hydrogen-bond donors (Lipinski definition) is 0. The zero-order valence-corrected chi connectivity index (χ0v) is 31.2. The lowest BCUT2D eigenvalue weighted by Gasteiger charge is -2.27. The molecule has 0 atom stereocenters.